The number of fused-ring (bicyclic) bond motifs is 1. The third-order valence-electron chi connectivity index (χ3n) is 4.19. The van der Waals surface area contributed by atoms with Gasteiger partial charge in [-0.1, -0.05) is 19.1 Å². The normalized spacial score (nSPS) is 10.7. The van der Waals surface area contributed by atoms with Gasteiger partial charge in [-0.3, -0.25) is 4.79 Å². The summed E-state index contributed by atoms with van der Waals surface area (Å²) in [4.78, 5) is 21.4. The van der Waals surface area contributed by atoms with E-state index in [1.807, 2.05) is 44.2 Å². The molecule has 1 N–H and O–H groups in total. The molecule has 0 aliphatic heterocycles. The van der Waals surface area contributed by atoms with Gasteiger partial charge >= 0.3 is 0 Å². The Labute approximate surface area is 153 Å². The van der Waals surface area contributed by atoms with Crippen LogP contribution >= 0.6 is 0 Å². The topological polar surface area (TPSA) is 64.1 Å². The molecule has 3 aromatic rings. The molecule has 0 radical (unpaired) electrons. The first-order chi connectivity index (χ1) is 12.6. The number of amides is 1. The molecule has 134 valence electrons. The Kier molecular flexibility index (Phi) is 5.46. The minimum Gasteiger partial charge on any atom is -0.494 e. The van der Waals surface area contributed by atoms with Crippen LogP contribution in [0.1, 0.15) is 40.7 Å². The van der Waals surface area contributed by atoms with E-state index in [4.69, 9.17) is 4.74 Å². The fourth-order valence-electron chi connectivity index (χ4n) is 2.58. The highest BCUT2D eigenvalue weighted by atomic mass is 16.5. The van der Waals surface area contributed by atoms with Gasteiger partial charge in [-0.2, -0.15) is 0 Å². The molecule has 0 fully saturated rings. The molecule has 1 amide bonds. The van der Waals surface area contributed by atoms with E-state index < -0.39 is 0 Å². The standard InChI is InChI=1S/C21H23N3O2/c1-4-11-26-18-8-5-16(6-9-18)13-22-21(25)17-7-10-19-20(12-17)24-15(3)14(2)23-19/h5-10,12H,4,11,13H2,1-3H3,(H,22,25). The number of carbonyl (C=O) groups is 1. The zero-order valence-electron chi connectivity index (χ0n) is 15.4. The summed E-state index contributed by atoms with van der Waals surface area (Å²) in [6, 6.07) is 13.2. The molecule has 0 spiro atoms. The molecular weight excluding hydrogens is 326 g/mol. The molecule has 3 rings (SSSR count). The van der Waals surface area contributed by atoms with E-state index in [9.17, 15) is 4.79 Å². The lowest BCUT2D eigenvalue weighted by Crippen LogP contribution is -2.22. The SMILES string of the molecule is CCCOc1ccc(CNC(=O)c2ccc3nc(C)c(C)nc3c2)cc1. The van der Waals surface area contributed by atoms with E-state index >= 15 is 0 Å². The van der Waals surface area contributed by atoms with Crippen LogP contribution in [0.2, 0.25) is 0 Å². The molecule has 26 heavy (non-hydrogen) atoms. The first kappa shape index (κ1) is 17.9. The summed E-state index contributed by atoms with van der Waals surface area (Å²) in [7, 11) is 0. The van der Waals surface area contributed by atoms with E-state index in [1.54, 1.807) is 12.1 Å². The number of ether oxygens (including phenoxy) is 1. The van der Waals surface area contributed by atoms with Gasteiger partial charge in [-0.15, -0.1) is 0 Å². The number of hydrogen-bond donors (Lipinski definition) is 1. The number of aromatic nitrogens is 2. The molecular formula is C21H23N3O2. The molecule has 0 aliphatic carbocycles. The summed E-state index contributed by atoms with van der Waals surface area (Å²) in [5.74, 6) is 0.721. The molecule has 0 saturated carbocycles. The highest BCUT2D eigenvalue weighted by molar-refractivity contribution is 5.97. The van der Waals surface area contributed by atoms with Gasteiger partial charge in [0.15, 0.2) is 0 Å². The smallest absolute Gasteiger partial charge is 0.251 e. The van der Waals surface area contributed by atoms with Crippen LogP contribution in [0.4, 0.5) is 0 Å². The Morgan fingerprint density at radius 2 is 1.69 bits per heavy atom. The summed E-state index contributed by atoms with van der Waals surface area (Å²) in [6.45, 7) is 7.09. The van der Waals surface area contributed by atoms with Gasteiger partial charge in [0.25, 0.3) is 5.91 Å². The predicted octanol–water partition coefficient (Wildman–Crippen LogP) is 3.97. The second-order valence-corrected chi connectivity index (χ2v) is 6.27. The second-order valence-electron chi connectivity index (χ2n) is 6.27. The molecule has 2 aromatic carbocycles. The quantitative estimate of drug-likeness (QED) is 0.731. The number of carbonyl (C=O) groups excluding carboxylic acids is 1. The maximum Gasteiger partial charge on any atom is 0.251 e. The number of aryl methyl sites for hydroxylation is 2. The Morgan fingerprint density at radius 3 is 2.38 bits per heavy atom. The third kappa shape index (κ3) is 4.17. The maximum atomic E-state index is 12.4. The highest BCUT2D eigenvalue weighted by Crippen LogP contribution is 2.15. The molecule has 0 unspecified atom stereocenters. The fraction of sp³-hybridized carbons (Fsp3) is 0.286. The van der Waals surface area contributed by atoms with Gasteiger partial charge in [-0.25, -0.2) is 9.97 Å². The highest BCUT2D eigenvalue weighted by Gasteiger charge is 2.09. The largest absolute Gasteiger partial charge is 0.494 e. The molecule has 0 atom stereocenters. The zero-order valence-corrected chi connectivity index (χ0v) is 15.4. The van der Waals surface area contributed by atoms with Gasteiger partial charge in [0, 0.05) is 12.1 Å². The van der Waals surface area contributed by atoms with Crippen LogP contribution in [0.3, 0.4) is 0 Å². The Bertz CT molecular complexity index is 920. The number of rotatable bonds is 6. The average molecular weight is 349 g/mol. The van der Waals surface area contributed by atoms with Crippen LogP contribution in [0.25, 0.3) is 11.0 Å². The monoisotopic (exact) mass is 349 g/mol. The lowest BCUT2D eigenvalue weighted by atomic mass is 10.1. The minimum absolute atomic E-state index is 0.127. The van der Waals surface area contributed by atoms with E-state index in [0.29, 0.717) is 18.7 Å². The van der Waals surface area contributed by atoms with Gasteiger partial charge in [-0.05, 0) is 56.2 Å². The minimum atomic E-state index is -0.127. The van der Waals surface area contributed by atoms with E-state index in [1.165, 1.54) is 0 Å². The third-order valence-corrected chi connectivity index (χ3v) is 4.19. The van der Waals surface area contributed by atoms with Crippen LogP contribution < -0.4 is 10.1 Å². The Morgan fingerprint density at radius 1 is 1.00 bits per heavy atom. The summed E-state index contributed by atoms with van der Waals surface area (Å²) in [5.41, 5.74) is 4.92. The average Bonchev–Trinajstić information content (AvgIpc) is 2.66. The number of nitrogens with one attached hydrogen (secondary N) is 1. The first-order valence-electron chi connectivity index (χ1n) is 8.81. The van der Waals surface area contributed by atoms with Crippen molar-refractivity contribution >= 4 is 16.9 Å². The van der Waals surface area contributed by atoms with Crippen LogP contribution in [-0.4, -0.2) is 22.5 Å². The van der Waals surface area contributed by atoms with Crippen molar-refractivity contribution < 1.29 is 9.53 Å². The number of hydrogen-bond acceptors (Lipinski definition) is 4. The Hall–Kier alpha value is -2.95. The van der Waals surface area contributed by atoms with E-state index in [2.05, 4.69) is 22.2 Å². The molecule has 0 bridgehead atoms. The van der Waals surface area contributed by atoms with Crippen LogP contribution in [0, 0.1) is 13.8 Å². The van der Waals surface area contributed by atoms with Crippen LogP contribution in [0.15, 0.2) is 42.5 Å². The van der Waals surface area contributed by atoms with Gasteiger partial charge in [0.1, 0.15) is 5.75 Å². The maximum absolute atomic E-state index is 12.4. The lowest BCUT2D eigenvalue weighted by molar-refractivity contribution is 0.0951. The number of nitrogens with zero attached hydrogens (tertiary/aromatic N) is 2. The lowest BCUT2D eigenvalue weighted by Gasteiger charge is -2.08. The molecule has 0 aliphatic rings. The van der Waals surface area contributed by atoms with Crippen LogP contribution in [0.5, 0.6) is 5.75 Å². The molecule has 1 heterocycles. The Balaban J connectivity index is 1.66. The van der Waals surface area contributed by atoms with Gasteiger partial charge < -0.3 is 10.1 Å². The predicted molar refractivity (Wildman–Crippen MR) is 102 cm³/mol. The van der Waals surface area contributed by atoms with Crippen LogP contribution in [-0.2, 0) is 6.54 Å². The van der Waals surface area contributed by atoms with Gasteiger partial charge in [0.2, 0.25) is 0 Å². The molecule has 1 aromatic heterocycles. The fourth-order valence-corrected chi connectivity index (χ4v) is 2.58. The molecule has 5 heteroatoms. The van der Waals surface area contributed by atoms with Crippen molar-refractivity contribution in [2.75, 3.05) is 6.61 Å². The van der Waals surface area contributed by atoms with Crippen molar-refractivity contribution in [1.82, 2.24) is 15.3 Å². The summed E-state index contributed by atoms with van der Waals surface area (Å²) in [5, 5.41) is 2.94. The molecule has 5 nitrogen and oxygen atoms in total. The van der Waals surface area contributed by atoms with E-state index in [0.717, 1.165) is 40.2 Å². The number of benzene rings is 2. The summed E-state index contributed by atoms with van der Waals surface area (Å²) in [6.07, 6.45) is 0.979. The summed E-state index contributed by atoms with van der Waals surface area (Å²) >= 11 is 0. The zero-order chi connectivity index (χ0) is 18.5. The molecule has 0 saturated heterocycles. The van der Waals surface area contributed by atoms with Crippen molar-refractivity contribution in [3.63, 3.8) is 0 Å². The van der Waals surface area contributed by atoms with Crippen molar-refractivity contribution in [1.29, 1.82) is 0 Å². The second kappa shape index (κ2) is 7.95. The van der Waals surface area contributed by atoms with Crippen molar-refractivity contribution in [3.8, 4) is 5.75 Å². The van der Waals surface area contributed by atoms with Gasteiger partial charge in [0.05, 0.1) is 29.0 Å². The van der Waals surface area contributed by atoms with E-state index in [-0.39, 0.29) is 5.91 Å². The van der Waals surface area contributed by atoms with Crippen molar-refractivity contribution in [3.05, 3.63) is 65.0 Å². The van der Waals surface area contributed by atoms with Crippen molar-refractivity contribution in [2.24, 2.45) is 0 Å². The summed E-state index contributed by atoms with van der Waals surface area (Å²) < 4.78 is 5.56. The first-order valence-corrected chi connectivity index (χ1v) is 8.81. The van der Waals surface area contributed by atoms with Crippen molar-refractivity contribution in [2.45, 2.75) is 33.7 Å².